The monoisotopic (exact) mass is 434 g/mol. The van der Waals surface area contributed by atoms with Crippen molar-refractivity contribution < 1.29 is 9.59 Å². The Bertz CT molecular complexity index is 975. The van der Waals surface area contributed by atoms with Gasteiger partial charge in [0.2, 0.25) is 11.8 Å². The van der Waals surface area contributed by atoms with Crippen LogP contribution >= 0.6 is 11.6 Å². The highest BCUT2D eigenvalue weighted by molar-refractivity contribution is 6.30. The molecule has 160 valence electrons. The van der Waals surface area contributed by atoms with Gasteiger partial charge in [0.15, 0.2) is 0 Å². The fourth-order valence-electron chi connectivity index (χ4n) is 3.53. The van der Waals surface area contributed by atoms with E-state index in [-0.39, 0.29) is 11.8 Å². The maximum Gasteiger partial charge on any atom is 0.247 e. The number of aryl methyl sites for hydroxylation is 1. The summed E-state index contributed by atoms with van der Waals surface area (Å²) in [7, 11) is 0. The van der Waals surface area contributed by atoms with E-state index in [1.165, 1.54) is 0 Å². The molecule has 5 heteroatoms. The summed E-state index contributed by atoms with van der Waals surface area (Å²) in [6, 6.07) is 26.0. The molecule has 3 aromatic rings. The number of hydrogen-bond acceptors (Lipinski definition) is 2. The molecule has 0 heterocycles. The molecule has 0 bridgehead atoms. The van der Waals surface area contributed by atoms with E-state index in [0.717, 1.165) is 16.7 Å². The first-order valence-corrected chi connectivity index (χ1v) is 10.9. The van der Waals surface area contributed by atoms with Crippen molar-refractivity contribution in [3.05, 3.63) is 107 Å². The molecule has 0 aliphatic heterocycles. The third-order valence-electron chi connectivity index (χ3n) is 5.08. The van der Waals surface area contributed by atoms with Crippen LogP contribution in [0.1, 0.15) is 36.1 Å². The number of benzene rings is 3. The van der Waals surface area contributed by atoms with Gasteiger partial charge in [0, 0.05) is 24.5 Å². The van der Waals surface area contributed by atoms with Gasteiger partial charge in [0.05, 0.1) is 0 Å². The Hall–Kier alpha value is -3.11. The molecular formula is C26H27ClN2O2. The molecule has 0 fully saturated rings. The number of likely N-dealkylation sites (N-methyl/N-ethyl adjacent to an activating group) is 1. The van der Waals surface area contributed by atoms with Crippen molar-refractivity contribution in [3.63, 3.8) is 0 Å². The summed E-state index contributed by atoms with van der Waals surface area (Å²) >= 11 is 6.03. The largest absolute Gasteiger partial charge is 0.354 e. The van der Waals surface area contributed by atoms with Gasteiger partial charge in [-0.15, -0.1) is 0 Å². The smallest absolute Gasteiger partial charge is 0.247 e. The van der Waals surface area contributed by atoms with Gasteiger partial charge in [0.25, 0.3) is 0 Å². The zero-order valence-electron chi connectivity index (χ0n) is 17.6. The number of rotatable bonds is 9. The van der Waals surface area contributed by atoms with E-state index in [1.807, 2.05) is 79.7 Å². The highest BCUT2D eigenvalue weighted by atomic mass is 35.5. The molecule has 0 saturated heterocycles. The van der Waals surface area contributed by atoms with Crippen LogP contribution in [-0.2, 0) is 22.6 Å². The van der Waals surface area contributed by atoms with Crippen molar-refractivity contribution in [2.24, 2.45) is 0 Å². The van der Waals surface area contributed by atoms with Gasteiger partial charge in [-0.3, -0.25) is 9.59 Å². The minimum atomic E-state index is -0.708. The second-order valence-electron chi connectivity index (χ2n) is 7.34. The van der Waals surface area contributed by atoms with Crippen LogP contribution in [0.3, 0.4) is 0 Å². The third-order valence-corrected chi connectivity index (χ3v) is 5.34. The summed E-state index contributed by atoms with van der Waals surface area (Å²) in [5.41, 5.74) is 2.80. The molecular weight excluding hydrogens is 408 g/mol. The summed E-state index contributed by atoms with van der Waals surface area (Å²) < 4.78 is 0. The first-order valence-electron chi connectivity index (χ1n) is 10.5. The summed E-state index contributed by atoms with van der Waals surface area (Å²) in [5, 5.41) is 3.53. The molecule has 0 radical (unpaired) electrons. The molecule has 1 atom stereocenters. The van der Waals surface area contributed by atoms with Crippen LogP contribution in [-0.4, -0.2) is 23.3 Å². The second-order valence-corrected chi connectivity index (χ2v) is 7.78. The summed E-state index contributed by atoms with van der Waals surface area (Å²) in [6.07, 6.45) is 0.939. The van der Waals surface area contributed by atoms with Gasteiger partial charge in [-0.25, -0.2) is 0 Å². The predicted octanol–water partition coefficient (Wildman–Crippen LogP) is 5.18. The van der Waals surface area contributed by atoms with Crippen LogP contribution < -0.4 is 5.32 Å². The molecule has 3 rings (SSSR count). The van der Waals surface area contributed by atoms with Crippen LogP contribution in [0.4, 0.5) is 0 Å². The molecule has 4 nitrogen and oxygen atoms in total. The second kappa shape index (κ2) is 11.3. The van der Waals surface area contributed by atoms with Gasteiger partial charge in [-0.05, 0) is 42.2 Å². The van der Waals surface area contributed by atoms with Crippen molar-refractivity contribution in [2.45, 2.75) is 32.4 Å². The van der Waals surface area contributed by atoms with Gasteiger partial charge in [-0.2, -0.15) is 0 Å². The number of amides is 2. The Morgan fingerprint density at radius 3 is 2.10 bits per heavy atom. The first-order chi connectivity index (χ1) is 15.1. The average Bonchev–Trinajstić information content (AvgIpc) is 2.80. The number of nitrogens with one attached hydrogen (secondary N) is 1. The Balaban J connectivity index is 1.91. The number of carbonyl (C=O) groups excluding carboxylic acids is 2. The molecule has 0 aliphatic carbocycles. The average molecular weight is 435 g/mol. The topological polar surface area (TPSA) is 49.4 Å². The highest BCUT2D eigenvalue weighted by Crippen LogP contribution is 2.25. The van der Waals surface area contributed by atoms with Gasteiger partial charge in [-0.1, -0.05) is 84.4 Å². The molecule has 31 heavy (non-hydrogen) atoms. The van der Waals surface area contributed by atoms with Crippen molar-refractivity contribution in [1.82, 2.24) is 10.2 Å². The zero-order valence-corrected chi connectivity index (χ0v) is 18.4. The van der Waals surface area contributed by atoms with Crippen LogP contribution in [0.25, 0.3) is 0 Å². The maximum atomic E-state index is 13.4. The highest BCUT2D eigenvalue weighted by Gasteiger charge is 2.31. The van der Waals surface area contributed by atoms with Crippen LogP contribution in [0.2, 0.25) is 5.02 Å². The van der Waals surface area contributed by atoms with Crippen LogP contribution in [0.5, 0.6) is 0 Å². The van der Waals surface area contributed by atoms with Gasteiger partial charge >= 0.3 is 0 Å². The minimum absolute atomic E-state index is 0.0705. The van der Waals surface area contributed by atoms with Crippen molar-refractivity contribution in [3.8, 4) is 0 Å². The number of carbonyl (C=O) groups is 2. The van der Waals surface area contributed by atoms with E-state index in [0.29, 0.717) is 31.0 Å². The van der Waals surface area contributed by atoms with E-state index in [4.69, 9.17) is 11.6 Å². The number of halogens is 1. The van der Waals surface area contributed by atoms with Crippen molar-refractivity contribution in [2.75, 3.05) is 6.54 Å². The lowest BCUT2D eigenvalue weighted by Crippen LogP contribution is -2.43. The van der Waals surface area contributed by atoms with E-state index >= 15 is 0 Å². The van der Waals surface area contributed by atoms with E-state index in [9.17, 15) is 9.59 Å². The molecule has 2 amide bonds. The van der Waals surface area contributed by atoms with Gasteiger partial charge in [0.1, 0.15) is 6.04 Å². The molecule has 1 N–H and O–H groups in total. The molecule has 1 unspecified atom stereocenters. The molecule has 0 aromatic heterocycles. The summed E-state index contributed by atoms with van der Waals surface area (Å²) in [4.78, 5) is 28.2. The number of nitrogens with zero attached hydrogens (tertiary/aromatic N) is 1. The Labute approximate surface area is 188 Å². The molecule has 0 aliphatic rings. The number of hydrogen-bond donors (Lipinski definition) is 1. The third kappa shape index (κ3) is 6.43. The predicted molar refractivity (Wildman–Crippen MR) is 125 cm³/mol. The Kier molecular flexibility index (Phi) is 8.25. The Morgan fingerprint density at radius 2 is 1.48 bits per heavy atom. The molecule has 0 spiro atoms. The minimum Gasteiger partial charge on any atom is -0.354 e. The normalized spacial score (nSPS) is 11.5. The summed E-state index contributed by atoms with van der Waals surface area (Å²) in [5.74, 6) is -0.255. The maximum absolute atomic E-state index is 13.4. The zero-order chi connectivity index (χ0) is 22.1. The van der Waals surface area contributed by atoms with Gasteiger partial charge < -0.3 is 10.2 Å². The SMILES string of the molecule is CCNC(=O)C(c1ccccc1)N(Cc1ccc(Cl)cc1)C(=O)CCc1ccccc1. The van der Waals surface area contributed by atoms with Crippen molar-refractivity contribution >= 4 is 23.4 Å². The lowest BCUT2D eigenvalue weighted by atomic mass is 10.0. The van der Waals surface area contributed by atoms with Crippen LogP contribution in [0, 0.1) is 0 Å². The fraction of sp³-hybridized carbons (Fsp3) is 0.231. The molecule has 0 saturated carbocycles. The van der Waals surface area contributed by atoms with Crippen molar-refractivity contribution in [1.29, 1.82) is 0 Å². The van der Waals surface area contributed by atoms with E-state index < -0.39 is 6.04 Å². The fourth-order valence-corrected chi connectivity index (χ4v) is 3.65. The summed E-state index contributed by atoms with van der Waals surface area (Å²) in [6.45, 7) is 2.69. The van der Waals surface area contributed by atoms with E-state index in [2.05, 4.69) is 5.32 Å². The Morgan fingerprint density at radius 1 is 0.871 bits per heavy atom. The standard InChI is InChI=1S/C26H27ClN2O2/c1-2-28-26(31)25(22-11-7-4-8-12-22)29(19-21-13-16-23(27)17-14-21)24(30)18-15-20-9-5-3-6-10-20/h3-14,16-17,25H,2,15,18-19H2,1H3,(H,28,31). The quantitative estimate of drug-likeness (QED) is 0.504. The van der Waals surface area contributed by atoms with Crippen LogP contribution in [0.15, 0.2) is 84.9 Å². The first kappa shape index (κ1) is 22.6. The lowest BCUT2D eigenvalue weighted by Gasteiger charge is -2.31. The lowest BCUT2D eigenvalue weighted by molar-refractivity contribution is -0.141. The molecule has 3 aromatic carbocycles. The van der Waals surface area contributed by atoms with E-state index in [1.54, 1.807) is 17.0 Å².